The van der Waals surface area contributed by atoms with Crippen LogP contribution in [0.3, 0.4) is 0 Å². The first kappa shape index (κ1) is 16.9. The molecule has 3 rings (SSSR count). The summed E-state index contributed by atoms with van der Waals surface area (Å²) in [4.78, 5) is 19.9. The molecule has 0 atom stereocenters. The molecule has 0 aliphatic carbocycles. The van der Waals surface area contributed by atoms with Crippen LogP contribution >= 0.6 is 15.9 Å². The van der Waals surface area contributed by atoms with Crippen molar-refractivity contribution in [3.63, 3.8) is 0 Å². The summed E-state index contributed by atoms with van der Waals surface area (Å²) in [6, 6.07) is 16.6. The maximum absolute atomic E-state index is 11.5. The molecule has 3 aromatic rings. The summed E-state index contributed by atoms with van der Waals surface area (Å²) in [5, 5.41) is 6.39. The highest BCUT2D eigenvalue weighted by atomic mass is 79.9. The number of benzene rings is 2. The average molecular weight is 399 g/mol. The van der Waals surface area contributed by atoms with E-state index >= 15 is 0 Å². The SMILES string of the molecule is COC(=O)c1ccc(Nc2cc(Nc3cccc(Br)c3)ncn2)cc1. The van der Waals surface area contributed by atoms with E-state index in [0.29, 0.717) is 17.2 Å². The van der Waals surface area contributed by atoms with E-state index in [9.17, 15) is 4.79 Å². The first-order valence-corrected chi connectivity index (χ1v) is 8.23. The van der Waals surface area contributed by atoms with Crippen molar-refractivity contribution in [1.29, 1.82) is 0 Å². The lowest BCUT2D eigenvalue weighted by atomic mass is 10.2. The normalized spacial score (nSPS) is 10.2. The van der Waals surface area contributed by atoms with Gasteiger partial charge in [-0.15, -0.1) is 0 Å². The molecule has 25 heavy (non-hydrogen) atoms. The van der Waals surface area contributed by atoms with Gasteiger partial charge in [0.2, 0.25) is 0 Å². The van der Waals surface area contributed by atoms with Gasteiger partial charge in [0.1, 0.15) is 18.0 Å². The van der Waals surface area contributed by atoms with Crippen LogP contribution in [0.2, 0.25) is 0 Å². The molecule has 2 aromatic carbocycles. The van der Waals surface area contributed by atoms with Gasteiger partial charge in [-0.25, -0.2) is 14.8 Å². The fourth-order valence-electron chi connectivity index (χ4n) is 2.16. The van der Waals surface area contributed by atoms with Crippen LogP contribution in [-0.4, -0.2) is 23.0 Å². The summed E-state index contributed by atoms with van der Waals surface area (Å²) < 4.78 is 5.67. The first-order valence-electron chi connectivity index (χ1n) is 7.44. The van der Waals surface area contributed by atoms with Crippen LogP contribution in [0, 0.1) is 0 Å². The standard InChI is InChI=1S/C18H15BrN4O2/c1-25-18(24)12-5-7-14(8-6-12)22-16-10-17(21-11-20-16)23-15-4-2-3-13(19)9-15/h2-11H,1H3,(H2,20,21,22,23). The minimum Gasteiger partial charge on any atom is -0.465 e. The topological polar surface area (TPSA) is 76.1 Å². The number of aromatic nitrogens is 2. The number of ether oxygens (including phenoxy) is 1. The highest BCUT2D eigenvalue weighted by molar-refractivity contribution is 9.10. The number of halogens is 1. The number of hydrogen-bond donors (Lipinski definition) is 2. The van der Waals surface area contributed by atoms with Gasteiger partial charge in [-0.05, 0) is 42.5 Å². The molecule has 0 saturated carbocycles. The molecule has 126 valence electrons. The third kappa shape index (κ3) is 4.54. The van der Waals surface area contributed by atoms with E-state index in [1.165, 1.54) is 13.4 Å². The fraction of sp³-hybridized carbons (Fsp3) is 0.0556. The Hall–Kier alpha value is -2.93. The Balaban J connectivity index is 1.72. The molecule has 7 heteroatoms. The van der Waals surface area contributed by atoms with Crippen molar-refractivity contribution in [2.45, 2.75) is 0 Å². The summed E-state index contributed by atoms with van der Waals surface area (Å²) in [5.74, 6) is 0.939. The molecule has 1 heterocycles. The number of rotatable bonds is 5. The van der Waals surface area contributed by atoms with Gasteiger partial charge in [-0.3, -0.25) is 0 Å². The summed E-state index contributed by atoms with van der Waals surface area (Å²) >= 11 is 3.44. The summed E-state index contributed by atoms with van der Waals surface area (Å²) in [5.41, 5.74) is 2.22. The van der Waals surface area contributed by atoms with Crippen molar-refractivity contribution in [3.05, 3.63) is 71.0 Å². The van der Waals surface area contributed by atoms with Gasteiger partial charge < -0.3 is 15.4 Å². The van der Waals surface area contributed by atoms with Crippen molar-refractivity contribution < 1.29 is 9.53 Å². The van der Waals surface area contributed by atoms with Crippen LogP contribution in [-0.2, 0) is 4.74 Å². The number of carbonyl (C=O) groups is 1. The van der Waals surface area contributed by atoms with Crippen LogP contribution in [0.15, 0.2) is 65.4 Å². The van der Waals surface area contributed by atoms with Crippen molar-refractivity contribution in [2.24, 2.45) is 0 Å². The van der Waals surface area contributed by atoms with Crippen LogP contribution in [0.4, 0.5) is 23.0 Å². The van der Waals surface area contributed by atoms with E-state index in [1.807, 2.05) is 24.3 Å². The van der Waals surface area contributed by atoms with Gasteiger partial charge in [-0.1, -0.05) is 22.0 Å². The molecule has 0 amide bonds. The van der Waals surface area contributed by atoms with E-state index in [1.54, 1.807) is 30.3 Å². The molecule has 6 nitrogen and oxygen atoms in total. The number of carbonyl (C=O) groups excluding carboxylic acids is 1. The Morgan fingerprint density at radius 3 is 2.28 bits per heavy atom. The van der Waals surface area contributed by atoms with Crippen LogP contribution in [0.25, 0.3) is 0 Å². The molecule has 2 N–H and O–H groups in total. The minimum absolute atomic E-state index is 0.367. The number of nitrogens with zero attached hydrogens (tertiary/aromatic N) is 2. The lowest BCUT2D eigenvalue weighted by Gasteiger charge is -2.09. The zero-order chi connectivity index (χ0) is 17.6. The lowest BCUT2D eigenvalue weighted by Crippen LogP contribution is -2.01. The Bertz CT molecular complexity index is 884. The van der Waals surface area contributed by atoms with E-state index in [2.05, 4.69) is 41.3 Å². The summed E-state index contributed by atoms with van der Waals surface area (Å²) in [6.07, 6.45) is 1.48. The van der Waals surface area contributed by atoms with Crippen molar-refractivity contribution in [1.82, 2.24) is 9.97 Å². The maximum atomic E-state index is 11.5. The Morgan fingerprint density at radius 2 is 1.64 bits per heavy atom. The Kier molecular flexibility index (Phi) is 5.25. The van der Waals surface area contributed by atoms with Gasteiger partial charge in [0, 0.05) is 21.9 Å². The van der Waals surface area contributed by atoms with E-state index in [0.717, 1.165) is 15.8 Å². The predicted octanol–water partition coefficient (Wildman–Crippen LogP) is 4.51. The molecule has 1 aromatic heterocycles. The number of nitrogens with one attached hydrogen (secondary N) is 2. The highest BCUT2D eigenvalue weighted by Gasteiger charge is 2.05. The summed E-state index contributed by atoms with van der Waals surface area (Å²) in [7, 11) is 1.36. The summed E-state index contributed by atoms with van der Waals surface area (Å²) in [6.45, 7) is 0. The molecular weight excluding hydrogens is 384 g/mol. The number of esters is 1. The van der Waals surface area contributed by atoms with Crippen molar-refractivity contribution in [2.75, 3.05) is 17.7 Å². The maximum Gasteiger partial charge on any atom is 0.337 e. The molecular formula is C18H15BrN4O2. The Labute approximate surface area is 153 Å². The van der Waals surface area contributed by atoms with Gasteiger partial charge in [0.05, 0.1) is 12.7 Å². The molecule has 0 fully saturated rings. The first-order chi connectivity index (χ1) is 12.1. The van der Waals surface area contributed by atoms with Gasteiger partial charge in [0.15, 0.2) is 0 Å². The minimum atomic E-state index is -0.367. The molecule has 0 aliphatic heterocycles. The smallest absolute Gasteiger partial charge is 0.337 e. The van der Waals surface area contributed by atoms with Gasteiger partial charge in [0.25, 0.3) is 0 Å². The largest absolute Gasteiger partial charge is 0.465 e. The van der Waals surface area contributed by atoms with Crippen LogP contribution < -0.4 is 10.6 Å². The third-order valence-corrected chi connectivity index (χ3v) is 3.84. The van der Waals surface area contributed by atoms with Crippen LogP contribution in [0.5, 0.6) is 0 Å². The van der Waals surface area contributed by atoms with Crippen molar-refractivity contribution >= 4 is 44.9 Å². The number of anilines is 4. The zero-order valence-electron chi connectivity index (χ0n) is 13.4. The number of hydrogen-bond acceptors (Lipinski definition) is 6. The second-order valence-electron chi connectivity index (χ2n) is 5.12. The molecule has 0 bridgehead atoms. The highest BCUT2D eigenvalue weighted by Crippen LogP contribution is 2.21. The number of methoxy groups -OCH3 is 1. The predicted molar refractivity (Wildman–Crippen MR) is 101 cm³/mol. The second-order valence-corrected chi connectivity index (χ2v) is 6.03. The van der Waals surface area contributed by atoms with Crippen molar-refractivity contribution in [3.8, 4) is 0 Å². The van der Waals surface area contributed by atoms with Gasteiger partial charge in [-0.2, -0.15) is 0 Å². The Morgan fingerprint density at radius 1 is 0.960 bits per heavy atom. The van der Waals surface area contributed by atoms with Gasteiger partial charge >= 0.3 is 5.97 Å². The third-order valence-electron chi connectivity index (χ3n) is 3.34. The average Bonchev–Trinajstić information content (AvgIpc) is 2.62. The molecule has 0 unspecified atom stereocenters. The van der Waals surface area contributed by atoms with E-state index in [-0.39, 0.29) is 5.97 Å². The van der Waals surface area contributed by atoms with E-state index in [4.69, 9.17) is 0 Å². The quantitative estimate of drug-likeness (QED) is 0.615. The monoisotopic (exact) mass is 398 g/mol. The fourth-order valence-corrected chi connectivity index (χ4v) is 2.56. The lowest BCUT2D eigenvalue weighted by molar-refractivity contribution is 0.0601. The molecule has 0 aliphatic rings. The van der Waals surface area contributed by atoms with Crippen LogP contribution in [0.1, 0.15) is 10.4 Å². The zero-order valence-corrected chi connectivity index (χ0v) is 14.9. The van der Waals surface area contributed by atoms with E-state index < -0.39 is 0 Å². The molecule has 0 saturated heterocycles. The molecule has 0 radical (unpaired) electrons. The second kappa shape index (κ2) is 7.76. The molecule has 0 spiro atoms.